The van der Waals surface area contributed by atoms with E-state index in [1.807, 2.05) is 13.8 Å². The zero-order valence-electron chi connectivity index (χ0n) is 17.8. The minimum absolute atomic E-state index is 0.0642. The van der Waals surface area contributed by atoms with Gasteiger partial charge in [0, 0.05) is 11.6 Å². The molecule has 0 aliphatic rings. The number of nitrogens with one attached hydrogen (secondary N) is 2. The molecule has 0 radical (unpaired) electrons. The second kappa shape index (κ2) is 9.21. The Morgan fingerprint density at radius 1 is 1.16 bits per heavy atom. The van der Waals surface area contributed by atoms with E-state index in [0.717, 1.165) is 18.6 Å². The van der Waals surface area contributed by atoms with Gasteiger partial charge in [-0.25, -0.2) is 9.48 Å². The molecule has 1 heterocycles. The quantitative estimate of drug-likeness (QED) is 0.492. The molecule has 1 aromatic heterocycles. The second-order valence-electron chi connectivity index (χ2n) is 7.20. The number of halogens is 3. The Bertz CT molecular complexity index is 1080. The van der Waals surface area contributed by atoms with E-state index in [4.69, 9.17) is 10.5 Å². The van der Waals surface area contributed by atoms with Gasteiger partial charge in [0.05, 0.1) is 18.4 Å². The highest BCUT2D eigenvalue weighted by Gasteiger charge is 2.30. The lowest BCUT2D eigenvalue weighted by Crippen LogP contribution is -2.35. The van der Waals surface area contributed by atoms with Crippen molar-refractivity contribution in [1.82, 2.24) is 15.1 Å². The van der Waals surface area contributed by atoms with Crippen molar-refractivity contribution in [2.24, 2.45) is 0 Å². The van der Waals surface area contributed by atoms with Crippen molar-refractivity contribution in [2.45, 2.75) is 32.5 Å². The number of carbonyl (C=O) groups is 1. The Morgan fingerprint density at radius 2 is 1.78 bits per heavy atom. The topological polar surface area (TPSA) is 94.2 Å². The number of urea groups is 1. The zero-order chi connectivity index (χ0) is 23.5. The molecule has 0 fully saturated rings. The first-order valence-corrected chi connectivity index (χ1v) is 9.92. The highest BCUT2D eigenvalue weighted by molar-refractivity contribution is 5.98. The number of carbonyl (C=O) groups excluding carboxylic acids is 1. The van der Waals surface area contributed by atoms with E-state index >= 15 is 0 Å². The van der Waals surface area contributed by atoms with Gasteiger partial charge in [0.1, 0.15) is 17.1 Å². The number of rotatable bonds is 6. The molecule has 0 saturated carbocycles. The van der Waals surface area contributed by atoms with Crippen LogP contribution in [-0.4, -0.2) is 29.0 Å². The van der Waals surface area contributed by atoms with Gasteiger partial charge in [-0.3, -0.25) is 0 Å². The number of nitrogens with two attached hydrogens (primary N) is 1. The lowest BCUT2D eigenvalue weighted by atomic mass is 10.1. The fraction of sp³-hybridized carbons (Fsp3) is 0.273. The number of alkyl halides is 3. The van der Waals surface area contributed by atoms with Gasteiger partial charge < -0.3 is 21.1 Å². The largest absolute Gasteiger partial charge is 0.497 e. The predicted molar refractivity (Wildman–Crippen MR) is 117 cm³/mol. The molecule has 3 aromatic rings. The Balaban J connectivity index is 2.05. The molecule has 2 amide bonds. The molecule has 0 saturated heterocycles. The van der Waals surface area contributed by atoms with Crippen LogP contribution in [0.25, 0.3) is 16.9 Å². The maximum absolute atomic E-state index is 12.9. The molecule has 0 aliphatic carbocycles. The monoisotopic (exact) mass is 447 g/mol. The van der Waals surface area contributed by atoms with Gasteiger partial charge in [-0.2, -0.15) is 18.3 Å². The maximum atomic E-state index is 12.9. The summed E-state index contributed by atoms with van der Waals surface area (Å²) in [6.45, 7) is 3.80. The highest BCUT2D eigenvalue weighted by atomic mass is 19.4. The highest BCUT2D eigenvalue weighted by Crippen LogP contribution is 2.36. The molecule has 32 heavy (non-hydrogen) atoms. The van der Waals surface area contributed by atoms with Gasteiger partial charge in [-0.1, -0.05) is 6.92 Å². The van der Waals surface area contributed by atoms with Crippen LogP contribution in [0.15, 0.2) is 48.5 Å². The van der Waals surface area contributed by atoms with Crippen LogP contribution in [0.4, 0.5) is 29.5 Å². The van der Waals surface area contributed by atoms with E-state index in [1.54, 1.807) is 31.4 Å². The Morgan fingerprint density at radius 3 is 2.31 bits per heavy atom. The minimum atomic E-state index is -4.46. The number of anilines is 2. The van der Waals surface area contributed by atoms with Crippen molar-refractivity contribution in [1.29, 1.82) is 0 Å². The van der Waals surface area contributed by atoms with Crippen LogP contribution in [0.3, 0.4) is 0 Å². The lowest BCUT2D eigenvalue weighted by molar-refractivity contribution is -0.137. The zero-order valence-corrected chi connectivity index (χ0v) is 17.8. The van der Waals surface area contributed by atoms with Gasteiger partial charge >= 0.3 is 12.2 Å². The third-order valence-corrected chi connectivity index (χ3v) is 4.95. The molecular weight excluding hydrogens is 423 g/mol. The molecule has 4 N–H and O–H groups in total. The number of nitrogens with zero attached hydrogens (tertiary/aromatic N) is 2. The molecule has 0 aliphatic heterocycles. The number of hydrogen-bond acceptors (Lipinski definition) is 4. The van der Waals surface area contributed by atoms with Gasteiger partial charge in [0.25, 0.3) is 0 Å². The SMILES string of the molecule is CC[C@@H](C)NC(=O)Nc1c(-c2ccc(OC)cc2)nn(-c2ccc(C(F)(F)F)cc2)c1N. The number of aromatic nitrogens is 2. The molecule has 0 bridgehead atoms. The Hall–Kier alpha value is -3.69. The van der Waals surface area contributed by atoms with E-state index in [2.05, 4.69) is 15.7 Å². The fourth-order valence-electron chi connectivity index (χ4n) is 2.97. The first-order chi connectivity index (χ1) is 15.1. The number of hydrogen-bond donors (Lipinski definition) is 3. The van der Waals surface area contributed by atoms with Gasteiger partial charge in [0.15, 0.2) is 5.82 Å². The minimum Gasteiger partial charge on any atom is -0.497 e. The molecule has 170 valence electrons. The summed E-state index contributed by atoms with van der Waals surface area (Å²) in [6, 6.07) is 10.9. The number of benzene rings is 2. The smallest absolute Gasteiger partial charge is 0.416 e. The van der Waals surface area contributed by atoms with Crippen molar-refractivity contribution < 1.29 is 22.7 Å². The normalized spacial score (nSPS) is 12.3. The van der Waals surface area contributed by atoms with Gasteiger partial charge in [0.2, 0.25) is 0 Å². The number of methoxy groups -OCH3 is 1. The molecule has 0 spiro atoms. The van der Waals surface area contributed by atoms with Crippen LogP contribution < -0.4 is 21.1 Å². The summed E-state index contributed by atoms with van der Waals surface area (Å²) in [5, 5.41) is 9.99. The van der Waals surface area contributed by atoms with E-state index in [0.29, 0.717) is 22.7 Å². The molecule has 0 unspecified atom stereocenters. The summed E-state index contributed by atoms with van der Waals surface area (Å²) in [7, 11) is 1.54. The maximum Gasteiger partial charge on any atom is 0.416 e. The third-order valence-electron chi connectivity index (χ3n) is 4.95. The van der Waals surface area contributed by atoms with Crippen LogP contribution in [0.1, 0.15) is 25.8 Å². The van der Waals surface area contributed by atoms with E-state index in [1.165, 1.54) is 16.8 Å². The summed E-state index contributed by atoms with van der Waals surface area (Å²) in [5.74, 6) is 0.711. The summed E-state index contributed by atoms with van der Waals surface area (Å²) < 4.78 is 45.2. The van der Waals surface area contributed by atoms with E-state index in [9.17, 15) is 18.0 Å². The predicted octanol–water partition coefficient (Wildman–Crippen LogP) is 5.07. The van der Waals surface area contributed by atoms with Crippen LogP contribution in [-0.2, 0) is 6.18 Å². The molecule has 2 aromatic carbocycles. The van der Waals surface area contributed by atoms with Crippen molar-refractivity contribution in [3.8, 4) is 22.7 Å². The van der Waals surface area contributed by atoms with Crippen LogP contribution in [0.2, 0.25) is 0 Å². The van der Waals surface area contributed by atoms with Crippen molar-refractivity contribution >= 4 is 17.5 Å². The first-order valence-electron chi connectivity index (χ1n) is 9.92. The Kier molecular flexibility index (Phi) is 6.61. The third kappa shape index (κ3) is 4.96. The first kappa shape index (κ1) is 23.0. The van der Waals surface area contributed by atoms with Crippen LogP contribution >= 0.6 is 0 Å². The van der Waals surface area contributed by atoms with Crippen molar-refractivity contribution in [3.63, 3.8) is 0 Å². The van der Waals surface area contributed by atoms with Crippen molar-refractivity contribution in [2.75, 3.05) is 18.2 Å². The summed E-state index contributed by atoms with van der Waals surface area (Å²) >= 11 is 0. The summed E-state index contributed by atoms with van der Waals surface area (Å²) in [6.07, 6.45) is -3.72. The second-order valence-corrected chi connectivity index (χ2v) is 7.20. The van der Waals surface area contributed by atoms with E-state index < -0.39 is 17.8 Å². The molecule has 10 heteroatoms. The molecule has 7 nitrogen and oxygen atoms in total. The molecule has 1 atom stereocenters. The van der Waals surface area contributed by atoms with Crippen LogP contribution in [0, 0.1) is 0 Å². The average Bonchev–Trinajstić information content (AvgIpc) is 3.09. The van der Waals surface area contributed by atoms with E-state index in [-0.39, 0.29) is 17.5 Å². The number of ether oxygens (including phenoxy) is 1. The van der Waals surface area contributed by atoms with Crippen LogP contribution in [0.5, 0.6) is 5.75 Å². The number of amides is 2. The van der Waals surface area contributed by atoms with Gasteiger partial charge in [-0.15, -0.1) is 0 Å². The molecule has 3 rings (SSSR count). The van der Waals surface area contributed by atoms with Gasteiger partial charge in [-0.05, 0) is 61.9 Å². The summed E-state index contributed by atoms with van der Waals surface area (Å²) in [5.41, 5.74) is 7.06. The Labute approximate surface area is 183 Å². The number of nitrogen functional groups attached to an aromatic ring is 1. The fourth-order valence-corrected chi connectivity index (χ4v) is 2.97. The average molecular weight is 447 g/mol. The lowest BCUT2D eigenvalue weighted by Gasteiger charge is -2.13. The summed E-state index contributed by atoms with van der Waals surface area (Å²) in [4.78, 5) is 12.5. The standard InChI is InChI=1S/C22H24F3N5O2/c1-4-13(2)27-21(31)28-19-18(14-5-11-17(32-3)12-6-14)29-30(20(19)26)16-9-7-15(8-10-16)22(23,24)25/h5-13H,4,26H2,1-3H3,(H2,27,28,31)/t13-/m1/s1. The van der Waals surface area contributed by atoms with Crippen molar-refractivity contribution in [3.05, 3.63) is 54.1 Å². The molecular formula is C22H24F3N5O2.